The maximum Gasteiger partial charge on any atom is 0.179 e. The number of rotatable bonds is 6. The Morgan fingerprint density at radius 1 is 1.32 bits per heavy atom. The van der Waals surface area contributed by atoms with Crippen molar-refractivity contribution in [1.82, 2.24) is 4.90 Å². The zero-order chi connectivity index (χ0) is 16.2. The standard InChI is InChI=1S/C16H22N2O2S2/c1-18(14-5-6-15(11-14)21-2)9-10-22(19,20)16-7-3-13(12-17)4-8-16/h3-4,7-8,14-15H,5-6,9-11H2,1-2H3/t14-,15-/m0/s1. The normalized spacial score (nSPS) is 21.9. The largest absolute Gasteiger partial charge is 0.302 e. The van der Waals surface area contributed by atoms with Crippen LogP contribution < -0.4 is 0 Å². The molecule has 0 unspecified atom stereocenters. The molecular formula is C16H22N2O2S2. The van der Waals surface area contributed by atoms with Gasteiger partial charge in [0.15, 0.2) is 9.84 Å². The van der Waals surface area contributed by atoms with E-state index in [9.17, 15) is 8.42 Å². The fourth-order valence-electron chi connectivity index (χ4n) is 2.83. The van der Waals surface area contributed by atoms with Crippen molar-refractivity contribution in [2.45, 2.75) is 35.4 Å². The van der Waals surface area contributed by atoms with Crippen LogP contribution in [0, 0.1) is 11.3 Å². The monoisotopic (exact) mass is 338 g/mol. The van der Waals surface area contributed by atoms with E-state index in [2.05, 4.69) is 11.2 Å². The summed E-state index contributed by atoms with van der Waals surface area (Å²) in [4.78, 5) is 2.48. The minimum atomic E-state index is -3.29. The Labute approximate surface area is 137 Å². The Morgan fingerprint density at radius 2 is 2.00 bits per heavy atom. The number of sulfone groups is 1. The van der Waals surface area contributed by atoms with Crippen LogP contribution in [-0.2, 0) is 9.84 Å². The van der Waals surface area contributed by atoms with Gasteiger partial charge in [-0.2, -0.15) is 17.0 Å². The summed E-state index contributed by atoms with van der Waals surface area (Å²) in [5.74, 6) is 0.121. The first-order valence-corrected chi connectivity index (χ1v) is 10.4. The Hall–Kier alpha value is -1.03. The zero-order valence-corrected chi connectivity index (χ0v) is 14.7. The van der Waals surface area contributed by atoms with Gasteiger partial charge in [-0.1, -0.05) is 0 Å². The summed E-state index contributed by atoms with van der Waals surface area (Å²) in [5, 5.41) is 9.47. The average molecular weight is 338 g/mol. The van der Waals surface area contributed by atoms with E-state index in [0.717, 1.165) is 12.8 Å². The number of benzene rings is 1. The van der Waals surface area contributed by atoms with Gasteiger partial charge in [-0.3, -0.25) is 0 Å². The maximum atomic E-state index is 12.4. The summed E-state index contributed by atoms with van der Waals surface area (Å²) < 4.78 is 24.7. The van der Waals surface area contributed by atoms with Crippen molar-refractivity contribution < 1.29 is 8.42 Å². The van der Waals surface area contributed by atoms with Gasteiger partial charge in [0, 0.05) is 17.8 Å². The van der Waals surface area contributed by atoms with Gasteiger partial charge in [0.2, 0.25) is 0 Å². The first-order chi connectivity index (χ1) is 10.5. The van der Waals surface area contributed by atoms with Crippen molar-refractivity contribution in [3.8, 4) is 6.07 Å². The van der Waals surface area contributed by atoms with Crippen LogP contribution in [0.2, 0.25) is 0 Å². The summed E-state index contributed by atoms with van der Waals surface area (Å²) in [6.07, 6.45) is 5.66. The van der Waals surface area contributed by atoms with Gasteiger partial charge in [0.1, 0.15) is 0 Å². The summed E-state index contributed by atoms with van der Waals surface area (Å²) in [6.45, 7) is 0.550. The highest BCUT2D eigenvalue weighted by Gasteiger charge is 2.27. The Kier molecular flexibility index (Phi) is 5.90. The first-order valence-electron chi connectivity index (χ1n) is 7.42. The minimum absolute atomic E-state index is 0.121. The van der Waals surface area contributed by atoms with Gasteiger partial charge in [0.25, 0.3) is 0 Å². The Bertz CT molecular complexity index is 635. The summed E-state index contributed by atoms with van der Waals surface area (Å²) >= 11 is 1.91. The molecule has 2 rings (SSSR count). The molecule has 0 aliphatic heterocycles. The molecule has 0 bridgehead atoms. The predicted molar refractivity (Wildman–Crippen MR) is 90.8 cm³/mol. The summed E-state index contributed by atoms with van der Waals surface area (Å²) in [7, 11) is -1.27. The number of nitrogens with zero attached hydrogens (tertiary/aromatic N) is 2. The highest BCUT2D eigenvalue weighted by Crippen LogP contribution is 2.30. The van der Waals surface area contributed by atoms with Crippen LogP contribution in [0.5, 0.6) is 0 Å². The van der Waals surface area contributed by atoms with Gasteiger partial charge >= 0.3 is 0 Å². The molecule has 6 heteroatoms. The highest BCUT2D eigenvalue weighted by atomic mass is 32.2. The second-order valence-corrected chi connectivity index (χ2v) is 9.01. The third kappa shape index (κ3) is 4.25. The van der Waals surface area contributed by atoms with Crippen LogP contribution in [0.25, 0.3) is 0 Å². The molecule has 0 saturated heterocycles. The number of nitriles is 1. The van der Waals surface area contributed by atoms with E-state index in [1.54, 1.807) is 12.1 Å². The van der Waals surface area contributed by atoms with Crippen LogP contribution >= 0.6 is 11.8 Å². The Morgan fingerprint density at radius 3 is 2.55 bits per heavy atom. The lowest BCUT2D eigenvalue weighted by Gasteiger charge is -2.24. The molecule has 22 heavy (non-hydrogen) atoms. The van der Waals surface area contributed by atoms with E-state index in [-0.39, 0.29) is 5.75 Å². The molecule has 1 aliphatic carbocycles. The molecule has 0 heterocycles. The van der Waals surface area contributed by atoms with Crippen molar-refractivity contribution in [3.05, 3.63) is 29.8 Å². The topological polar surface area (TPSA) is 61.2 Å². The van der Waals surface area contributed by atoms with Gasteiger partial charge in [0.05, 0.1) is 22.3 Å². The lowest BCUT2D eigenvalue weighted by Crippen LogP contribution is -2.34. The summed E-state index contributed by atoms with van der Waals surface area (Å²) in [5.41, 5.74) is 0.477. The fourth-order valence-corrected chi connectivity index (χ4v) is 4.93. The van der Waals surface area contributed by atoms with Crippen LogP contribution in [-0.4, -0.2) is 50.2 Å². The molecule has 120 valence electrons. The highest BCUT2D eigenvalue weighted by molar-refractivity contribution is 7.99. The van der Waals surface area contributed by atoms with Crippen molar-refractivity contribution in [3.63, 3.8) is 0 Å². The first kappa shape index (κ1) is 17.3. The van der Waals surface area contributed by atoms with E-state index >= 15 is 0 Å². The molecule has 0 radical (unpaired) electrons. The fraction of sp³-hybridized carbons (Fsp3) is 0.562. The molecule has 1 saturated carbocycles. The van der Waals surface area contributed by atoms with E-state index < -0.39 is 9.84 Å². The van der Waals surface area contributed by atoms with Crippen LogP contribution in [0.1, 0.15) is 24.8 Å². The van der Waals surface area contributed by atoms with Gasteiger partial charge in [-0.25, -0.2) is 8.42 Å². The molecule has 0 aromatic heterocycles. The van der Waals surface area contributed by atoms with E-state index in [1.165, 1.54) is 18.6 Å². The van der Waals surface area contributed by atoms with Crippen molar-refractivity contribution in [1.29, 1.82) is 5.26 Å². The number of hydrogen-bond acceptors (Lipinski definition) is 5. The van der Waals surface area contributed by atoms with Crippen molar-refractivity contribution in [2.24, 2.45) is 0 Å². The zero-order valence-electron chi connectivity index (χ0n) is 13.0. The Balaban J connectivity index is 1.93. The summed E-state index contributed by atoms with van der Waals surface area (Å²) in [6, 6.07) is 8.64. The molecule has 1 fully saturated rings. The lowest BCUT2D eigenvalue weighted by atomic mass is 10.2. The second-order valence-electron chi connectivity index (χ2n) is 5.76. The predicted octanol–water partition coefficient (Wildman–Crippen LogP) is 2.55. The lowest BCUT2D eigenvalue weighted by molar-refractivity contribution is 0.259. The molecule has 0 amide bonds. The van der Waals surface area contributed by atoms with Crippen LogP contribution in [0.15, 0.2) is 29.2 Å². The van der Waals surface area contributed by atoms with Crippen LogP contribution in [0.3, 0.4) is 0 Å². The average Bonchev–Trinajstić information content (AvgIpc) is 3.02. The minimum Gasteiger partial charge on any atom is -0.302 e. The molecule has 4 nitrogen and oxygen atoms in total. The maximum absolute atomic E-state index is 12.4. The van der Waals surface area contributed by atoms with Crippen LogP contribution in [0.4, 0.5) is 0 Å². The molecule has 1 aromatic carbocycles. The molecule has 2 atom stereocenters. The number of thioether (sulfide) groups is 1. The second kappa shape index (κ2) is 7.49. The molecule has 1 aliphatic rings. The van der Waals surface area contributed by atoms with Crippen molar-refractivity contribution >= 4 is 21.6 Å². The molecule has 0 spiro atoms. The number of hydrogen-bond donors (Lipinski definition) is 0. The SMILES string of the molecule is CS[C@H]1CC[C@H](N(C)CCS(=O)(=O)c2ccc(C#N)cc2)C1. The third-order valence-corrected chi connectivity index (χ3v) is 7.17. The van der Waals surface area contributed by atoms with Crippen molar-refractivity contribution in [2.75, 3.05) is 25.6 Å². The molecular weight excluding hydrogens is 316 g/mol. The van der Waals surface area contributed by atoms with E-state index in [4.69, 9.17) is 5.26 Å². The van der Waals surface area contributed by atoms with Gasteiger partial charge in [-0.15, -0.1) is 0 Å². The van der Waals surface area contributed by atoms with E-state index in [0.29, 0.717) is 28.3 Å². The van der Waals surface area contributed by atoms with Gasteiger partial charge < -0.3 is 4.90 Å². The quantitative estimate of drug-likeness (QED) is 0.798. The molecule has 1 aromatic rings. The van der Waals surface area contributed by atoms with Gasteiger partial charge in [-0.05, 0) is 56.8 Å². The smallest absolute Gasteiger partial charge is 0.179 e. The third-order valence-electron chi connectivity index (χ3n) is 4.37. The van der Waals surface area contributed by atoms with E-state index in [1.807, 2.05) is 24.9 Å². The molecule has 0 N–H and O–H groups in total.